The summed E-state index contributed by atoms with van der Waals surface area (Å²) in [6.45, 7) is 8.27. The van der Waals surface area contributed by atoms with Crippen molar-refractivity contribution < 1.29 is 27.4 Å². The Bertz CT molecular complexity index is 1020. The smallest absolute Gasteiger partial charge is 0.251 e. The molecule has 3 rings (SSSR count). The van der Waals surface area contributed by atoms with Gasteiger partial charge in [0.25, 0.3) is 5.91 Å². The number of sulfonamides is 1. The van der Waals surface area contributed by atoms with Gasteiger partial charge in [-0.2, -0.15) is 4.31 Å². The van der Waals surface area contributed by atoms with E-state index in [1.807, 2.05) is 20.8 Å². The Balaban J connectivity index is 1.62. The van der Waals surface area contributed by atoms with Crippen LogP contribution in [0.1, 0.15) is 44.0 Å². The zero-order chi connectivity index (χ0) is 24.6. The molecule has 2 aromatic rings. The van der Waals surface area contributed by atoms with E-state index in [0.29, 0.717) is 80.0 Å². The summed E-state index contributed by atoms with van der Waals surface area (Å²) in [5.41, 5.74) is 0.430. The molecule has 0 spiro atoms. The molecule has 1 aliphatic rings. The van der Waals surface area contributed by atoms with E-state index < -0.39 is 10.0 Å². The molecular weight excluding hydrogens is 456 g/mol. The molecule has 0 aliphatic carbocycles. The summed E-state index contributed by atoms with van der Waals surface area (Å²) in [4.78, 5) is 13.2. The number of nitrogens with one attached hydrogen (secondary N) is 1. The molecule has 1 heterocycles. The Labute approximate surface area is 202 Å². The number of hydrogen-bond donors (Lipinski definition) is 1. The Morgan fingerprint density at radius 3 is 2.03 bits per heavy atom. The summed E-state index contributed by atoms with van der Waals surface area (Å²) in [5.74, 6) is 1.41. The molecule has 0 saturated carbocycles. The minimum Gasteiger partial charge on any atom is -0.490 e. The van der Waals surface area contributed by atoms with Crippen LogP contribution >= 0.6 is 0 Å². The predicted octanol–water partition coefficient (Wildman–Crippen LogP) is 3.71. The number of amides is 1. The molecule has 2 aromatic carbocycles. The van der Waals surface area contributed by atoms with Gasteiger partial charge in [0.2, 0.25) is 15.8 Å². The number of benzene rings is 2. The minimum atomic E-state index is -3.48. The molecule has 0 unspecified atom stereocenters. The van der Waals surface area contributed by atoms with Gasteiger partial charge in [0, 0.05) is 25.2 Å². The van der Waals surface area contributed by atoms with Crippen molar-refractivity contribution in [1.82, 2.24) is 9.62 Å². The van der Waals surface area contributed by atoms with Gasteiger partial charge >= 0.3 is 0 Å². The lowest BCUT2D eigenvalue weighted by Crippen LogP contribution is -2.41. The number of piperidine rings is 1. The van der Waals surface area contributed by atoms with Crippen molar-refractivity contribution in [3.05, 3.63) is 48.0 Å². The van der Waals surface area contributed by atoms with E-state index in [1.165, 1.54) is 4.31 Å². The Kier molecular flexibility index (Phi) is 9.18. The van der Waals surface area contributed by atoms with Crippen molar-refractivity contribution in [2.75, 3.05) is 39.5 Å². The van der Waals surface area contributed by atoms with Gasteiger partial charge in [-0.05, 0) is 63.8 Å². The standard InChI is InChI=1S/C25H34N2O6S/c1-4-31-22-16-20(17-23(32-5-2)24(22)33-6-3)25(28)26-18-19-12-14-27(15-13-19)34(29,30)21-10-8-7-9-11-21/h7-11,16-17,19H,4-6,12-15,18H2,1-3H3,(H,26,28). The normalized spacial score (nSPS) is 15.0. The van der Waals surface area contributed by atoms with Crippen molar-refractivity contribution in [2.45, 2.75) is 38.5 Å². The van der Waals surface area contributed by atoms with Crippen molar-refractivity contribution in [2.24, 2.45) is 5.92 Å². The topological polar surface area (TPSA) is 94.2 Å². The van der Waals surface area contributed by atoms with Crippen LogP contribution in [0.4, 0.5) is 0 Å². The Morgan fingerprint density at radius 1 is 0.941 bits per heavy atom. The number of carbonyl (C=O) groups is 1. The second-order valence-corrected chi connectivity index (χ2v) is 9.91. The zero-order valence-electron chi connectivity index (χ0n) is 20.1. The first-order chi connectivity index (χ1) is 16.4. The lowest BCUT2D eigenvalue weighted by molar-refractivity contribution is 0.0940. The average Bonchev–Trinajstić information content (AvgIpc) is 2.85. The van der Waals surface area contributed by atoms with E-state index in [4.69, 9.17) is 14.2 Å². The molecule has 0 radical (unpaired) electrons. The van der Waals surface area contributed by atoms with Gasteiger partial charge in [-0.25, -0.2) is 8.42 Å². The van der Waals surface area contributed by atoms with Crippen LogP contribution in [0.15, 0.2) is 47.4 Å². The lowest BCUT2D eigenvalue weighted by atomic mass is 9.98. The van der Waals surface area contributed by atoms with Gasteiger partial charge < -0.3 is 19.5 Å². The fraction of sp³-hybridized carbons (Fsp3) is 0.480. The quantitative estimate of drug-likeness (QED) is 0.516. The first kappa shape index (κ1) is 25.8. The van der Waals surface area contributed by atoms with E-state index in [9.17, 15) is 13.2 Å². The van der Waals surface area contributed by atoms with Crippen LogP contribution in [0.3, 0.4) is 0 Å². The summed E-state index contributed by atoms with van der Waals surface area (Å²) in [7, 11) is -3.48. The molecule has 0 atom stereocenters. The molecule has 1 amide bonds. The van der Waals surface area contributed by atoms with Crippen LogP contribution in [0.2, 0.25) is 0 Å². The number of nitrogens with zero attached hydrogens (tertiary/aromatic N) is 1. The predicted molar refractivity (Wildman–Crippen MR) is 130 cm³/mol. The highest BCUT2D eigenvalue weighted by atomic mass is 32.2. The molecule has 1 saturated heterocycles. The highest BCUT2D eigenvalue weighted by molar-refractivity contribution is 7.89. The second kappa shape index (κ2) is 12.1. The summed E-state index contributed by atoms with van der Waals surface area (Å²) in [5, 5.41) is 2.99. The molecule has 186 valence electrons. The van der Waals surface area contributed by atoms with E-state index in [2.05, 4.69) is 5.32 Å². The van der Waals surface area contributed by atoms with Gasteiger partial charge in [-0.3, -0.25) is 4.79 Å². The van der Waals surface area contributed by atoms with E-state index >= 15 is 0 Å². The SMILES string of the molecule is CCOc1cc(C(=O)NCC2CCN(S(=O)(=O)c3ccccc3)CC2)cc(OCC)c1OCC. The van der Waals surface area contributed by atoms with Gasteiger partial charge in [-0.1, -0.05) is 18.2 Å². The minimum absolute atomic E-state index is 0.201. The monoisotopic (exact) mass is 490 g/mol. The van der Waals surface area contributed by atoms with Crippen molar-refractivity contribution in [3.63, 3.8) is 0 Å². The average molecular weight is 491 g/mol. The fourth-order valence-corrected chi connectivity index (χ4v) is 5.44. The van der Waals surface area contributed by atoms with Crippen LogP contribution in [-0.2, 0) is 10.0 Å². The summed E-state index contributed by atoms with van der Waals surface area (Å²) < 4.78 is 44.2. The third-order valence-electron chi connectivity index (χ3n) is 5.68. The maximum Gasteiger partial charge on any atom is 0.251 e. The van der Waals surface area contributed by atoms with Crippen LogP contribution in [0.25, 0.3) is 0 Å². The van der Waals surface area contributed by atoms with Gasteiger partial charge in [-0.15, -0.1) is 0 Å². The zero-order valence-corrected chi connectivity index (χ0v) is 20.9. The molecule has 34 heavy (non-hydrogen) atoms. The molecule has 0 bridgehead atoms. The van der Waals surface area contributed by atoms with E-state index in [0.717, 1.165) is 0 Å². The van der Waals surface area contributed by atoms with Gasteiger partial charge in [0.15, 0.2) is 11.5 Å². The first-order valence-electron chi connectivity index (χ1n) is 11.8. The number of ether oxygens (including phenoxy) is 3. The first-order valence-corrected chi connectivity index (χ1v) is 13.2. The van der Waals surface area contributed by atoms with Crippen LogP contribution in [0, 0.1) is 5.92 Å². The van der Waals surface area contributed by atoms with Crippen molar-refractivity contribution in [1.29, 1.82) is 0 Å². The van der Waals surface area contributed by atoms with Gasteiger partial charge in [0.05, 0.1) is 24.7 Å². The summed E-state index contributed by atoms with van der Waals surface area (Å²) in [6.07, 6.45) is 1.37. The third-order valence-corrected chi connectivity index (χ3v) is 7.59. The molecule has 1 N–H and O–H groups in total. The fourth-order valence-electron chi connectivity index (χ4n) is 3.95. The Hall–Kier alpha value is -2.78. The maximum absolute atomic E-state index is 12.9. The van der Waals surface area contributed by atoms with Crippen molar-refractivity contribution in [3.8, 4) is 17.2 Å². The number of carbonyl (C=O) groups excluding carboxylic acids is 1. The second-order valence-electron chi connectivity index (χ2n) is 7.97. The van der Waals surface area contributed by atoms with E-state index in [1.54, 1.807) is 42.5 Å². The van der Waals surface area contributed by atoms with Gasteiger partial charge in [0.1, 0.15) is 0 Å². The lowest BCUT2D eigenvalue weighted by Gasteiger charge is -2.31. The maximum atomic E-state index is 12.9. The number of hydrogen-bond acceptors (Lipinski definition) is 6. The molecule has 9 heteroatoms. The molecule has 1 aliphatic heterocycles. The van der Waals surface area contributed by atoms with Crippen LogP contribution in [-0.4, -0.2) is 58.1 Å². The van der Waals surface area contributed by atoms with Crippen LogP contribution < -0.4 is 19.5 Å². The molecule has 0 aromatic heterocycles. The van der Waals surface area contributed by atoms with Crippen LogP contribution in [0.5, 0.6) is 17.2 Å². The highest BCUT2D eigenvalue weighted by Gasteiger charge is 2.29. The largest absolute Gasteiger partial charge is 0.490 e. The molecular formula is C25H34N2O6S. The van der Waals surface area contributed by atoms with Crippen molar-refractivity contribution >= 4 is 15.9 Å². The molecule has 1 fully saturated rings. The third kappa shape index (κ3) is 6.21. The Morgan fingerprint density at radius 2 is 1.50 bits per heavy atom. The molecule has 8 nitrogen and oxygen atoms in total. The summed E-state index contributed by atoms with van der Waals surface area (Å²) in [6, 6.07) is 11.8. The highest BCUT2D eigenvalue weighted by Crippen LogP contribution is 2.39. The van der Waals surface area contributed by atoms with E-state index in [-0.39, 0.29) is 11.8 Å². The summed E-state index contributed by atoms with van der Waals surface area (Å²) >= 11 is 0. The number of rotatable bonds is 11.